The Morgan fingerprint density at radius 3 is 2.86 bits per heavy atom. The van der Waals surface area contributed by atoms with Gasteiger partial charge in [0.25, 0.3) is 0 Å². The summed E-state index contributed by atoms with van der Waals surface area (Å²) in [6, 6.07) is 3.70. The van der Waals surface area contributed by atoms with Crippen LogP contribution in [0.3, 0.4) is 0 Å². The average molecular weight is 322 g/mol. The molecule has 5 nitrogen and oxygen atoms in total. The minimum atomic E-state index is 0.500. The highest BCUT2D eigenvalue weighted by molar-refractivity contribution is 6.31. The van der Waals surface area contributed by atoms with Gasteiger partial charge in [0.05, 0.1) is 17.3 Å². The molecule has 7 heteroatoms. The number of nitrogens with zero attached hydrogens (tertiary/aromatic N) is 5. The zero-order valence-corrected chi connectivity index (χ0v) is 12.9. The Morgan fingerprint density at radius 2 is 2.10 bits per heavy atom. The molecular weight excluding hydrogens is 309 g/mol. The average Bonchev–Trinajstić information content (AvgIpc) is 2.76. The maximum Gasteiger partial charge on any atom is 0.160 e. The van der Waals surface area contributed by atoms with Crippen LogP contribution in [-0.4, -0.2) is 30.4 Å². The summed E-state index contributed by atoms with van der Waals surface area (Å²) < 4.78 is 2.02. The zero-order valence-electron chi connectivity index (χ0n) is 11.4. The number of rotatable bonds is 4. The van der Waals surface area contributed by atoms with E-state index in [9.17, 15) is 0 Å². The van der Waals surface area contributed by atoms with Crippen molar-refractivity contribution in [2.45, 2.75) is 19.9 Å². The lowest BCUT2D eigenvalue weighted by Crippen LogP contribution is -2.08. The fraction of sp³-hybridized carbons (Fsp3) is 0.286. The van der Waals surface area contributed by atoms with Crippen LogP contribution in [0, 0.1) is 6.92 Å². The predicted molar refractivity (Wildman–Crippen MR) is 82.8 cm³/mol. The highest BCUT2D eigenvalue weighted by Gasteiger charge is 2.13. The summed E-state index contributed by atoms with van der Waals surface area (Å²) in [5.41, 5.74) is 2.47. The molecule has 3 rings (SSSR count). The molecule has 0 aliphatic heterocycles. The van der Waals surface area contributed by atoms with Gasteiger partial charge in [0.2, 0.25) is 0 Å². The Kier molecular flexibility index (Phi) is 4.03. The topological polar surface area (TPSA) is 56.5 Å². The van der Waals surface area contributed by atoms with E-state index >= 15 is 0 Å². The number of aromatic nitrogens is 5. The van der Waals surface area contributed by atoms with Crippen molar-refractivity contribution >= 4 is 34.4 Å². The van der Waals surface area contributed by atoms with E-state index in [2.05, 4.69) is 19.9 Å². The monoisotopic (exact) mass is 321 g/mol. The van der Waals surface area contributed by atoms with Gasteiger partial charge in [-0.2, -0.15) is 0 Å². The fourth-order valence-corrected chi connectivity index (χ4v) is 2.55. The fourth-order valence-electron chi connectivity index (χ4n) is 2.23. The van der Waals surface area contributed by atoms with E-state index in [-0.39, 0.29) is 0 Å². The van der Waals surface area contributed by atoms with E-state index in [1.54, 1.807) is 12.4 Å². The van der Waals surface area contributed by atoms with Crippen LogP contribution in [0.1, 0.15) is 17.3 Å². The summed E-state index contributed by atoms with van der Waals surface area (Å²) in [7, 11) is 0. The van der Waals surface area contributed by atoms with Crippen molar-refractivity contribution in [3.8, 4) is 0 Å². The predicted octanol–water partition coefficient (Wildman–Crippen LogP) is 3.01. The van der Waals surface area contributed by atoms with E-state index in [4.69, 9.17) is 23.2 Å². The highest BCUT2D eigenvalue weighted by atomic mass is 35.5. The molecule has 0 saturated heterocycles. The van der Waals surface area contributed by atoms with E-state index in [0.29, 0.717) is 23.9 Å². The quantitative estimate of drug-likeness (QED) is 0.693. The molecule has 0 radical (unpaired) electrons. The molecular formula is C14H13Cl2N5. The number of alkyl halides is 1. The normalized spacial score (nSPS) is 11.2. The molecule has 0 N–H and O–H groups in total. The molecule has 21 heavy (non-hydrogen) atoms. The molecule has 3 aromatic heterocycles. The number of aryl methyl sites for hydroxylation is 2. The number of imidazole rings is 1. The van der Waals surface area contributed by atoms with Gasteiger partial charge in [-0.25, -0.2) is 19.9 Å². The van der Waals surface area contributed by atoms with Crippen LogP contribution in [0.2, 0.25) is 5.02 Å². The van der Waals surface area contributed by atoms with Gasteiger partial charge in [-0.3, -0.25) is 0 Å². The van der Waals surface area contributed by atoms with Gasteiger partial charge in [-0.1, -0.05) is 11.6 Å². The van der Waals surface area contributed by atoms with Gasteiger partial charge in [-0.05, 0) is 19.1 Å². The summed E-state index contributed by atoms with van der Waals surface area (Å²) in [4.78, 5) is 17.5. The lowest BCUT2D eigenvalue weighted by atomic mass is 10.3. The third-order valence-electron chi connectivity index (χ3n) is 3.10. The summed E-state index contributed by atoms with van der Waals surface area (Å²) in [5, 5.41) is 0.572. The number of halogens is 2. The first-order chi connectivity index (χ1) is 10.2. The molecule has 3 heterocycles. The molecule has 0 unspecified atom stereocenters. The lowest BCUT2D eigenvalue weighted by molar-refractivity contribution is 0.724. The van der Waals surface area contributed by atoms with Crippen LogP contribution in [0.5, 0.6) is 0 Å². The second-order valence-corrected chi connectivity index (χ2v) is 5.46. The van der Waals surface area contributed by atoms with Crippen molar-refractivity contribution in [2.75, 3.05) is 5.88 Å². The van der Waals surface area contributed by atoms with E-state index in [1.165, 1.54) is 0 Å². The van der Waals surface area contributed by atoms with Crippen molar-refractivity contribution in [1.82, 2.24) is 24.5 Å². The number of pyridine rings is 1. The number of fused-ring (bicyclic) bond motifs is 1. The van der Waals surface area contributed by atoms with Crippen molar-refractivity contribution in [3.05, 3.63) is 46.9 Å². The standard InChI is InChI=1S/C14H13Cl2N5/c1-9-17-5-3-11(19-9)8-21-13(2-4-15)20-12-6-10(16)7-18-14(12)21/h3,5-7H,2,4,8H2,1H3. The number of hydrogen-bond donors (Lipinski definition) is 0. The molecule has 0 aliphatic rings. The SMILES string of the molecule is Cc1nccc(Cn2c(CCCl)nc3cc(Cl)cnc32)n1. The van der Waals surface area contributed by atoms with Gasteiger partial charge < -0.3 is 4.57 Å². The molecule has 0 fully saturated rings. The molecule has 3 aromatic rings. The first kappa shape index (κ1) is 14.2. The summed E-state index contributed by atoms with van der Waals surface area (Å²) in [6.07, 6.45) is 4.04. The van der Waals surface area contributed by atoms with Crippen molar-refractivity contribution < 1.29 is 0 Å². The summed E-state index contributed by atoms with van der Waals surface area (Å²) in [6.45, 7) is 2.45. The molecule has 0 atom stereocenters. The molecule has 0 aliphatic carbocycles. The lowest BCUT2D eigenvalue weighted by Gasteiger charge is -2.07. The van der Waals surface area contributed by atoms with Gasteiger partial charge in [-0.15, -0.1) is 11.6 Å². The maximum absolute atomic E-state index is 5.98. The molecule has 0 amide bonds. The zero-order chi connectivity index (χ0) is 14.8. The third kappa shape index (κ3) is 2.99. The minimum Gasteiger partial charge on any atom is -0.307 e. The van der Waals surface area contributed by atoms with Gasteiger partial charge in [0.1, 0.15) is 17.2 Å². The molecule has 0 bridgehead atoms. The Labute approximate surface area is 132 Å². The van der Waals surface area contributed by atoms with Crippen LogP contribution in [-0.2, 0) is 13.0 Å². The second-order valence-electron chi connectivity index (χ2n) is 4.64. The molecule has 0 saturated carbocycles. The van der Waals surface area contributed by atoms with Crippen LogP contribution >= 0.6 is 23.2 Å². The van der Waals surface area contributed by atoms with Crippen LogP contribution < -0.4 is 0 Å². The Hall–Kier alpha value is -1.72. The summed E-state index contributed by atoms with van der Waals surface area (Å²) in [5.74, 6) is 2.12. The Balaban J connectivity index is 2.08. The second kappa shape index (κ2) is 5.95. The first-order valence-electron chi connectivity index (χ1n) is 6.52. The van der Waals surface area contributed by atoms with Crippen molar-refractivity contribution in [3.63, 3.8) is 0 Å². The van der Waals surface area contributed by atoms with E-state index in [0.717, 1.165) is 28.5 Å². The van der Waals surface area contributed by atoms with Crippen LogP contribution in [0.25, 0.3) is 11.2 Å². The number of hydrogen-bond acceptors (Lipinski definition) is 4. The minimum absolute atomic E-state index is 0.500. The summed E-state index contributed by atoms with van der Waals surface area (Å²) >= 11 is 11.8. The largest absolute Gasteiger partial charge is 0.307 e. The molecule has 0 aromatic carbocycles. The van der Waals surface area contributed by atoms with Crippen LogP contribution in [0.15, 0.2) is 24.5 Å². The maximum atomic E-state index is 5.98. The Morgan fingerprint density at radius 1 is 1.24 bits per heavy atom. The molecule has 108 valence electrons. The van der Waals surface area contributed by atoms with Crippen LogP contribution in [0.4, 0.5) is 0 Å². The Bertz CT molecular complexity index is 784. The first-order valence-corrected chi connectivity index (χ1v) is 7.44. The van der Waals surface area contributed by atoms with Crippen molar-refractivity contribution in [2.24, 2.45) is 0 Å². The third-order valence-corrected chi connectivity index (χ3v) is 3.50. The smallest absolute Gasteiger partial charge is 0.160 e. The van der Waals surface area contributed by atoms with E-state index in [1.807, 2.05) is 23.6 Å². The van der Waals surface area contributed by atoms with E-state index < -0.39 is 0 Å². The highest BCUT2D eigenvalue weighted by Crippen LogP contribution is 2.19. The molecule has 0 spiro atoms. The van der Waals surface area contributed by atoms with Gasteiger partial charge >= 0.3 is 0 Å². The van der Waals surface area contributed by atoms with Gasteiger partial charge in [0.15, 0.2) is 5.65 Å². The van der Waals surface area contributed by atoms with Crippen molar-refractivity contribution in [1.29, 1.82) is 0 Å². The van der Waals surface area contributed by atoms with Gasteiger partial charge in [0, 0.05) is 24.7 Å².